The molecule has 0 atom stereocenters. The molecule has 1 aliphatic heterocycles. The Labute approximate surface area is 201 Å². The summed E-state index contributed by atoms with van der Waals surface area (Å²) in [7, 11) is 3.09. The maximum absolute atomic E-state index is 13.4. The zero-order valence-electron chi connectivity index (χ0n) is 18.8. The molecule has 1 saturated heterocycles. The van der Waals surface area contributed by atoms with Gasteiger partial charge in [0.15, 0.2) is 11.5 Å². The van der Waals surface area contributed by atoms with E-state index >= 15 is 0 Å². The molecule has 1 fully saturated rings. The van der Waals surface area contributed by atoms with Crippen molar-refractivity contribution < 1.29 is 18.7 Å². The number of piperazine rings is 1. The van der Waals surface area contributed by atoms with Crippen LogP contribution in [-0.2, 0) is 11.3 Å². The second-order valence-electron chi connectivity index (χ2n) is 7.75. The van der Waals surface area contributed by atoms with Gasteiger partial charge in [0.1, 0.15) is 12.4 Å². The summed E-state index contributed by atoms with van der Waals surface area (Å²) in [5.41, 5.74) is 1.70. The first-order chi connectivity index (χ1) is 16.4. The Morgan fingerprint density at radius 1 is 1.00 bits per heavy atom. The maximum atomic E-state index is 13.4. The molecule has 2 aromatic carbocycles. The molecule has 1 aromatic heterocycles. The molecule has 4 rings (SSSR count). The summed E-state index contributed by atoms with van der Waals surface area (Å²) in [5.74, 6) is 0.455. The van der Waals surface area contributed by atoms with Gasteiger partial charge in [0, 0.05) is 43.5 Å². The summed E-state index contributed by atoms with van der Waals surface area (Å²) < 4.78 is 25.2. The van der Waals surface area contributed by atoms with E-state index in [0.29, 0.717) is 43.4 Å². The van der Waals surface area contributed by atoms with Crippen molar-refractivity contribution in [3.63, 3.8) is 0 Å². The first-order valence-corrected chi connectivity index (χ1v) is 11.1. The molecule has 0 radical (unpaired) electrons. The van der Waals surface area contributed by atoms with Gasteiger partial charge in [0.2, 0.25) is 5.91 Å². The predicted molar refractivity (Wildman–Crippen MR) is 127 cm³/mol. The van der Waals surface area contributed by atoms with E-state index < -0.39 is 5.82 Å². The molecule has 10 heteroatoms. The number of hydrogen-bond donors (Lipinski definition) is 0. The van der Waals surface area contributed by atoms with Crippen LogP contribution in [0.4, 0.5) is 10.1 Å². The molecule has 1 amide bonds. The number of aromatic nitrogens is 2. The third-order valence-electron chi connectivity index (χ3n) is 5.73. The number of rotatable bonds is 6. The Morgan fingerprint density at radius 2 is 1.74 bits per heavy atom. The molecular formula is C24H24ClFN4O4. The SMILES string of the molecule is COc1ccc(-c2ccc(=O)n(CC(=O)N3CCN(c4ccc(F)c(Cl)c4)CC3)n2)cc1OC. The average Bonchev–Trinajstić information content (AvgIpc) is 2.86. The Hall–Kier alpha value is -3.59. The first-order valence-electron chi connectivity index (χ1n) is 10.7. The highest BCUT2D eigenvalue weighted by molar-refractivity contribution is 6.31. The molecule has 0 aliphatic carbocycles. The van der Waals surface area contributed by atoms with Crippen LogP contribution in [0, 0.1) is 5.82 Å². The van der Waals surface area contributed by atoms with E-state index in [0.717, 1.165) is 11.3 Å². The molecule has 0 bridgehead atoms. The number of benzene rings is 2. The van der Waals surface area contributed by atoms with E-state index in [1.54, 1.807) is 55.5 Å². The second-order valence-corrected chi connectivity index (χ2v) is 8.16. The van der Waals surface area contributed by atoms with Crippen LogP contribution in [0.5, 0.6) is 11.5 Å². The van der Waals surface area contributed by atoms with Gasteiger partial charge in [0.25, 0.3) is 5.56 Å². The minimum Gasteiger partial charge on any atom is -0.493 e. The number of carbonyl (C=O) groups excluding carboxylic acids is 1. The van der Waals surface area contributed by atoms with Gasteiger partial charge in [-0.25, -0.2) is 9.07 Å². The number of anilines is 1. The lowest BCUT2D eigenvalue weighted by molar-refractivity contribution is -0.132. The second kappa shape index (κ2) is 10.1. The molecule has 178 valence electrons. The number of halogens is 2. The monoisotopic (exact) mass is 486 g/mol. The number of hydrogen-bond acceptors (Lipinski definition) is 6. The lowest BCUT2D eigenvalue weighted by Gasteiger charge is -2.36. The molecule has 3 aromatic rings. The van der Waals surface area contributed by atoms with E-state index in [4.69, 9.17) is 21.1 Å². The van der Waals surface area contributed by atoms with Gasteiger partial charge >= 0.3 is 0 Å². The Bertz CT molecular complexity index is 1260. The van der Waals surface area contributed by atoms with Crippen molar-refractivity contribution in [3.8, 4) is 22.8 Å². The molecule has 0 saturated carbocycles. The smallest absolute Gasteiger partial charge is 0.267 e. The van der Waals surface area contributed by atoms with Gasteiger partial charge in [-0.05, 0) is 42.5 Å². The molecule has 2 heterocycles. The quantitative estimate of drug-likeness (QED) is 0.533. The standard InChI is InChI=1S/C24H24ClFN4O4/c1-33-21-7-3-16(13-22(21)34-2)20-6-8-23(31)30(27-20)15-24(32)29-11-9-28(10-12-29)17-4-5-19(26)18(25)14-17/h3-8,13-14H,9-12,15H2,1-2H3. The van der Waals surface area contributed by atoms with Crippen molar-refractivity contribution in [2.45, 2.75) is 6.54 Å². The van der Waals surface area contributed by atoms with Crippen molar-refractivity contribution in [2.24, 2.45) is 0 Å². The van der Waals surface area contributed by atoms with Gasteiger partial charge < -0.3 is 19.3 Å². The van der Waals surface area contributed by atoms with Crippen LogP contribution in [0.1, 0.15) is 0 Å². The van der Waals surface area contributed by atoms with Crippen molar-refractivity contribution >= 4 is 23.2 Å². The minimum atomic E-state index is -0.465. The zero-order chi connectivity index (χ0) is 24.2. The Kier molecular flexibility index (Phi) is 7.02. The summed E-state index contributed by atoms with van der Waals surface area (Å²) in [6, 6.07) is 12.9. The number of carbonyl (C=O) groups is 1. The van der Waals surface area contributed by atoms with Crippen LogP contribution in [0.25, 0.3) is 11.3 Å². The summed E-state index contributed by atoms with van der Waals surface area (Å²) in [6.07, 6.45) is 0. The van der Waals surface area contributed by atoms with Gasteiger partial charge in [-0.3, -0.25) is 9.59 Å². The predicted octanol–water partition coefficient (Wildman–Crippen LogP) is 3.07. The fraction of sp³-hybridized carbons (Fsp3) is 0.292. The van der Waals surface area contributed by atoms with Crippen LogP contribution >= 0.6 is 11.6 Å². The highest BCUT2D eigenvalue weighted by atomic mass is 35.5. The summed E-state index contributed by atoms with van der Waals surface area (Å²) in [5, 5.41) is 4.45. The van der Waals surface area contributed by atoms with Crippen LogP contribution in [0.15, 0.2) is 53.3 Å². The summed E-state index contributed by atoms with van der Waals surface area (Å²) >= 11 is 5.89. The molecule has 0 spiro atoms. The van der Waals surface area contributed by atoms with E-state index in [-0.39, 0.29) is 23.0 Å². The molecule has 34 heavy (non-hydrogen) atoms. The number of ether oxygens (including phenoxy) is 2. The average molecular weight is 487 g/mol. The lowest BCUT2D eigenvalue weighted by atomic mass is 10.1. The number of amides is 1. The Balaban J connectivity index is 1.44. The van der Waals surface area contributed by atoms with Gasteiger partial charge in [-0.2, -0.15) is 5.10 Å². The third-order valence-corrected chi connectivity index (χ3v) is 6.02. The first kappa shape index (κ1) is 23.6. The molecular weight excluding hydrogens is 463 g/mol. The van der Waals surface area contributed by atoms with E-state index in [1.165, 1.54) is 16.8 Å². The highest BCUT2D eigenvalue weighted by Crippen LogP contribution is 2.31. The van der Waals surface area contributed by atoms with E-state index in [9.17, 15) is 14.0 Å². The maximum Gasteiger partial charge on any atom is 0.267 e. The summed E-state index contributed by atoms with van der Waals surface area (Å²) in [4.78, 5) is 29.0. The van der Waals surface area contributed by atoms with Crippen molar-refractivity contribution in [1.82, 2.24) is 14.7 Å². The largest absolute Gasteiger partial charge is 0.493 e. The van der Waals surface area contributed by atoms with Crippen LogP contribution < -0.4 is 19.9 Å². The van der Waals surface area contributed by atoms with Crippen molar-refractivity contribution in [1.29, 1.82) is 0 Å². The minimum absolute atomic E-state index is 0.0656. The van der Waals surface area contributed by atoms with Gasteiger partial charge in [-0.15, -0.1) is 0 Å². The third kappa shape index (κ3) is 4.99. The van der Waals surface area contributed by atoms with Gasteiger partial charge in [0.05, 0.1) is 24.9 Å². The topological polar surface area (TPSA) is 76.9 Å². The van der Waals surface area contributed by atoms with Crippen LogP contribution in [0.3, 0.4) is 0 Å². The number of nitrogens with zero attached hydrogens (tertiary/aromatic N) is 4. The van der Waals surface area contributed by atoms with E-state index in [2.05, 4.69) is 5.10 Å². The van der Waals surface area contributed by atoms with Crippen molar-refractivity contribution in [3.05, 3.63) is 69.7 Å². The molecule has 8 nitrogen and oxygen atoms in total. The van der Waals surface area contributed by atoms with Gasteiger partial charge in [-0.1, -0.05) is 11.6 Å². The fourth-order valence-electron chi connectivity index (χ4n) is 3.84. The highest BCUT2D eigenvalue weighted by Gasteiger charge is 2.22. The zero-order valence-corrected chi connectivity index (χ0v) is 19.6. The summed E-state index contributed by atoms with van der Waals surface area (Å²) in [6.45, 7) is 1.92. The fourth-order valence-corrected chi connectivity index (χ4v) is 4.01. The van der Waals surface area contributed by atoms with E-state index in [1.807, 2.05) is 4.90 Å². The van der Waals surface area contributed by atoms with Crippen molar-refractivity contribution in [2.75, 3.05) is 45.3 Å². The van der Waals surface area contributed by atoms with Crippen LogP contribution in [0.2, 0.25) is 5.02 Å². The molecule has 0 N–H and O–H groups in total. The molecule has 0 unspecified atom stereocenters. The number of methoxy groups -OCH3 is 2. The normalized spacial score (nSPS) is 13.6. The van der Waals surface area contributed by atoms with Crippen LogP contribution in [-0.4, -0.2) is 61.0 Å². The Morgan fingerprint density at radius 3 is 2.41 bits per heavy atom. The lowest BCUT2D eigenvalue weighted by Crippen LogP contribution is -2.50. The molecule has 1 aliphatic rings.